The van der Waals surface area contributed by atoms with Crippen molar-refractivity contribution in [3.8, 4) is 0 Å². The highest BCUT2D eigenvalue weighted by Crippen LogP contribution is 2.45. The number of carbonyl (C=O) groups is 4. The molecule has 0 rings (SSSR count). The van der Waals surface area contributed by atoms with Gasteiger partial charge in [0.25, 0.3) is 0 Å². The van der Waals surface area contributed by atoms with Crippen LogP contribution in [0.5, 0.6) is 0 Å². The quantitative estimate of drug-likeness (QED) is 0.0169. The molecule has 0 aromatic carbocycles. The second kappa shape index (κ2) is 69.0. The van der Waals surface area contributed by atoms with Gasteiger partial charge in [0.15, 0.2) is 12.2 Å². The van der Waals surface area contributed by atoms with Crippen molar-refractivity contribution in [2.24, 2.45) is 0 Å². The Labute approximate surface area is 581 Å². The Hall–Kier alpha value is -4.54. The summed E-state index contributed by atoms with van der Waals surface area (Å²) >= 11 is 0. The number of aliphatic hydroxyl groups excluding tert-OH is 1. The van der Waals surface area contributed by atoms with Crippen LogP contribution >= 0.6 is 15.6 Å². The fraction of sp³-hybridized carbons (Fsp3) is 0.688. The number of ether oxygens (including phenoxy) is 4. The predicted molar refractivity (Wildman–Crippen MR) is 390 cm³/mol. The van der Waals surface area contributed by atoms with Crippen molar-refractivity contribution in [2.75, 3.05) is 39.6 Å². The summed E-state index contributed by atoms with van der Waals surface area (Å²) in [6.45, 7) is 4.44. The maximum atomic E-state index is 13.1. The molecule has 19 heteroatoms. The number of rotatable bonds is 68. The molecule has 0 amide bonds. The molecule has 0 fully saturated rings. The molecule has 0 spiro atoms. The fourth-order valence-electron chi connectivity index (χ4n) is 9.30. The minimum absolute atomic E-state index is 0.0377. The topological polar surface area (TPSA) is 237 Å². The van der Waals surface area contributed by atoms with Crippen LogP contribution in [0.2, 0.25) is 0 Å². The SMILES string of the molecule is CC/C=C\C/C=C\C/C=C\C/C=C\CCCCC(=O)OC(COC(=O)CCCCCCCCC/C=C\C/C=C\C/C=C\CC)COP(=O)(O)OCC(O)COP(=O)(O)OCC(COC(=O)CCCCCCC/C=C\C/C=C\CCC)OC(=O)CCCCCCC/C=C\CCCC. The number of unbranched alkanes of at least 4 members (excludes halogenated alkanes) is 22. The number of carbonyl (C=O) groups excluding carboxylic acids is 4. The van der Waals surface area contributed by atoms with Crippen LogP contribution in [0.25, 0.3) is 0 Å². The molecule has 0 radical (unpaired) electrons. The average Bonchev–Trinajstić information content (AvgIpc) is 2.14. The van der Waals surface area contributed by atoms with Crippen molar-refractivity contribution in [2.45, 2.75) is 303 Å². The van der Waals surface area contributed by atoms with E-state index in [0.717, 1.165) is 186 Å². The summed E-state index contributed by atoms with van der Waals surface area (Å²) in [5, 5.41) is 10.6. The van der Waals surface area contributed by atoms with Gasteiger partial charge in [-0.25, -0.2) is 9.13 Å². The fourth-order valence-corrected chi connectivity index (χ4v) is 10.9. The summed E-state index contributed by atoms with van der Waals surface area (Å²) in [5.74, 6) is -2.26. The van der Waals surface area contributed by atoms with Crippen LogP contribution in [0.4, 0.5) is 0 Å². The summed E-state index contributed by atoms with van der Waals surface area (Å²) in [7, 11) is -9.97. The zero-order valence-corrected chi connectivity index (χ0v) is 61.5. The van der Waals surface area contributed by atoms with Gasteiger partial charge in [-0.05, 0) is 141 Å². The van der Waals surface area contributed by atoms with Gasteiger partial charge in [-0.1, -0.05) is 239 Å². The molecular weight excluding hydrogens is 1260 g/mol. The van der Waals surface area contributed by atoms with Crippen molar-refractivity contribution in [1.82, 2.24) is 0 Å². The van der Waals surface area contributed by atoms with Gasteiger partial charge >= 0.3 is 39.5 Å². The van der Waals surface area contributed by atoms with Gasteiger partial charge in [0, 0.05) is 25.7 Å². The normalized spacial score (nSPS) is 14.7. The second-order valence-electron chi connectivity index (χ2n) is 24.1. The largest absolute Gasteiger partial charge is 0.472 e. The molecule has 550 valence electrons. The third kappa shape index (κ3) is 68.0. The van der Waals surface area contributed by atoms with Crippen LogP contribution in [-0.2, 0) is 65.4 Å². The van der Waals surface area contributed by atoms with Crippen molar-refractivity contribution >= 4 is 39.5 Å². The van der Waals surface area contributed by atoms with Gasteiger partial charge in [0.2, 0.25) is 0 Å². The summed E-state index contributed by atoms with van der Waals surface area (Å²) < 4.78 is 68.3. The molecule has 0 saturated heterocycles. The Balaban J connectivity index is 5.38. The van der Waals surface area contributed by atoms with Gasteiger partial charge in [0.05, 0.1) is 26.4 Å². The second-order valence-corrected chi connectivity index (χ2v) is 27.0. The lowest BCUT2D eigenvalue weighted by molar-refractivity contribution is -0.161. The minimum atomic E-state index is -4.99. The Morgan fingerprint density at radius 2 is 0.562 bits per heavy atom. The van der Waals surface area contributed by atoms with Crippen molar-refractivity contribution in [3.05, 3.63) is 122 Å². The van der Waals surface area contributed by atoms with E-state index in [2.05, 4.69) is 149 Å². The van der Waals surface area contributed by atoms with Gasteiger partial charge in [0.1, 0.15) is 19.3 Å². The lowest BCUT2D eigenvalue weighted by atomic mass is 10.1. The lowest BCUT2D eigenvalue weighted by Crippen LogP contribution is -2.30. The zero-order chi connectivity index (χ0) is 70.4. The highest BCUT2D eigenvalue weighted by atomic mass is 31.2. The van der Waals surface area contributed by atoms with Crippen molar-refractivity contribution < 1.29 is 80.2 Å². The highest BCUT2D eigenvalue weighted by Gasteiger charge is 2.30. The molecular formula is C77H130O17P2. The minimum Gasteiger partial charge on any atom is -0.462 e. The van der Waals surface area contributed by atoms with E-state index < -0.39 is 97.5 Å². The van der Waals surface area contributed by atoms with Crippen LogP contribution in [0.15, 0.2) is 122 Å². The van der Waals surface area contributed by atoms with Gasteiger partial charge in [-0.15, -0.1) is 0 Å². The van der Waals surface area contributed by atoms with Crippen LogP contribution in [0.1, 0.15) is 285 Å². The highest BCUT2D eigenvalue weighted by molar-refractivity contribution is 7.47. The molecule has 0 aromatic heterocycles. The Bertz CT molecular complexity index is 2300. The summed E-state index contributed by atoms with van der Waals surface area (Å²) in [6, 6.07) is 0. The first-order valence-corrected chi connectivity index (χ1v) is 39.8. The molecule has 96 heavy (non-hydrogen) atoms. The molecule has 17 nitrogen and oxygen atoms in total. The van der Waals surface area contributed by atoms with E-state index in [1.165, 1.54) is 12.8 Å². The molecule has 5 atom stereocenters. The van der Waals surface area contributed by atoms with Crippen molar-refractivity contribution in [1.29, 1.82) is 0 Å². The lowest BCUT2D eigenvalue weighted by Gasteiger charge is -2.21. The molecule has 0 aliphatic rings. The first kappa shape index (κ1) is 91.5. The molecule has 0 heterocycles. The third-order valence-corrected chi connectivity index (χ3v) is 16.8. The zero-order valence-electron chi connectivity index (χ0n) is 59.8. The summed E-state index contributed by atoms with van der Waals surface area (Å²) in [4.78, 5) is 72.7. The van der Waals surface area contributed by atoms with Crippen LogP contribution in [0.3, 0.4) is 0 Å². The van der Waals surface area contributed by atoms with Crippen LogP contribution in [-0.4, -0.2) is 96.7 Å². The molecule has 0 aromatic rings. The number of aliphatic hydroxyl groups is 1. The molecule has 5 unspecified atom stereocenters. The number of allylic oxidation sites excluding steroid dienone is 20. The number of esters is 4. The van der Waals surface area contributed by atoms with E-state index in [0.29, 0.717) is 32.1 Å². The molecule has 0 bridgehead atoms. The Morgan fingerprint density at radius 1 is 0.302 bits per heavy atom. The van der Waals surface area contributed by atoms with Crippen molar-refractivity contribution in [3.63, 3.8) is 0 Å². The number of phosphoric ester groups is 2. The van der Waals surface area contributed by atoms with Gasteiger partial charge in [-0.2, -0.15) is 0 Å². The van der Waals surface area contributed by atoms with E-state index in [1.54, 1.807) is 0 Å². The Morgan fingerprint density at radius 3 is 0.906 bits per heavy atom. The first-order chi connectivity index (χ1) is 46.7. The third-order valence-electron chi connectivity index (χ3n) is 14.9. The van der Waals surface area contributed by atoms with E-state index in [1.807, 2.05) is 0 Å². The van der Waals surface area contributed by atoms with Crippen LogP contribution in [0, 0.1) is 0 Å². The molecule has 0 saturated carbocycles. The average molecular weight is 1390 g/mol. The molecule has 0 aliphatic heterocycles. The standard InChI is InChI=1S/C77H130O17P2/c1-5-9-13-17-21-25-29-32-34-35-37-39-43-46-50-54-58-62-75(80)88-68-73(94-77(82)64-60-56-52-48-44-40-36-33-30-26-22-18-14-10-6-2)70-92-96(85,86)90-66-71(78)65-89-95(83,84)91-69-72(93-76(81)63-59-55-51-47-41-28-24-20-16-12-8-4)67-87-74(79)61-57-53-49-45-42-38-31-27-23-19-15-11-7-3/h9-10,13-15,19-22,24-27,31-34,36,44,48,71-73,78H,5-8,11-12,16-18,23,28-30,35,37-43,45-47,49-70H2,1-4H3,(H,83,84)(H,85,86)/b13-9-,14-10-,19-15-,24-20-,25-21-,26-22-,31-27-,34-32-,36-33-,48-44-. The van der Waals surface area contributed by atoms with E-state index in [4.69, 9.17) is 37.0 Å². The van der Waals surface area contributed by atoms with E-state index >= 15 is 0 Å². The van der Waals surface area contributed by atoms with Gasteiger partial charge < -0.3 is 33.8 Å². The van der Waals surface area contributed by atoms with E-state index in [9.17, 15) is 43.2 Å². The maximum absolute atomic E-state index is 13.1. The van der Waals surface area contributed by atoms with E-state index in [-0.39, 0.29) is 25.7 Å². The number of phosphoric acid groups is 2. The number of hydrogen-bond acceptors (Lipinski definition) is 15. The smallest absolute Gasteiger partial charge is 0.462 e. The van der Waals surface area contributed by atoms with Crippen LogP contribution < -0.4 is 0 Å². The monoisotopic (exact) mass is 1390 g/mol. The first-order valence-electron chi connectivity index (χ1n) is 36.8. The maximum Gasteiger partial charge on any atom is 0.472 e. The number of hydrogen-bond donors (Lipinski definition) is 3. The Kier molecular flexibility index (Phi) is 65.7. The molecule has 3 N–H and O–H groups in total. The predicted octanol–water partition coefficient (Wildman–Crippen LogP) is 20.8. The molecule has 0 aliphatic carbocycles. The van der Waals surface area contributed by atoms with Gasteiger partial charge in [-0.3, -0.25) is 37.3 Å². The summed E-state index contributed by atoms with van der Waals surface area (Å²) in [5.41, 5.74) is 0. The summed E-state index contributed by atoms with van der Waals surface area (Å²) in [6.07, 6.45) is 73.5.